The van der Waals surface area contributed by atoms with Crippen molar-refractivity contribution in [3.8, 4) is 11.1 Å². The highest BCUT2D eigenvalue weighted by atomic mass is 32.2. The quantitative estimate of drug-likeness (QED) is 0.607. The van der Waals surface area contributed by atoms with Gasteiger partial charge in [0.15, 0.2) is 9.84 Å². The number of hydrogen-bond donors (Lipinski definition) is 3. The van der Waals surface area contributed by atoms with E-state index in [1.54, 1.807) is 6.20 Å². The Morgan fingerprint density at radius 3 is 2.63 bits per heavy atom. The second-order valence-corrected chi connectivity index (χ2v) is 9.67. The number of hydrogen-bond acceptors (Lipinski definition) is 4. The summed E-state index contributed by atoms with van der Waals surface area (Å²) in [5.74, 6) is 0.700. The molecule has 1 aliphatic rings. The first-order valence-corrected chi connectivity index (χ1v) is 11.1. The Balaban J connectivity index is 1.86. The molecular weight excluding hydrogens is 362 g/mol. The van der Waals surface area contributed by atoms with Gasteiger partial charge in [0.2, 0.25) is 0 Å². The summed E-state index contributed by atoms with van der Waals surface area (Å²) in [6.07, 6.45) is 7.27. The molecule has 0 amide bonds. The minimum absolute atomic E-state index is 0.00910. The van der Waals surface area contributed by atoms with Gasteiger partial charge in [-0.25, -0.2) is 8.42 Å². The van der Waals surface area contributed by atoms with E-state index in [9.17, 15) is 13.2 Å². The van der Waals surface area contributed by atoms with Gasteiger partial charge in [-0.3, -0.25) is 4.79 Å². The van der Waals surface area contributed by atoms with Crippen LogP contribution in [0.25, 0.3) is 22.0 Å². The van der Waals surface area contributed by atoms with Gasteiger partial charge in [-0.1, -0.05) is 6.07 Å². The van der Waals surface area contributed by atoms with E-state index in [0.717, 1.165) is 39.9 Å². The zero-order valence-corrected chi connectivity index (χ0v) is 16.2. The van der Waals surface area contributed by atoms with Crippen LogP contribution in [-0.2, 0) is 15.6 Å². The van der Waals surface area contributed by atoms with Gasteiger partial charge >= 0.3 is 0 Å². The molecule has 1 aliphatic carbocycles. The molecule has 0 unspecified atom stereocenters. The van der Waals surface area contributed by atoms with Crippen molar-refractivity contribution in [1.82, 2.24) is 9.97 Å². The molecule has 0 spiro atoms. The summed E-state index contributed by atoms with van der Waals surface area (Å²) in [7, 11) is -3.13. The standard InChI is InChI=1S/C20H23N3O3S/c1-12-8-23-20(24)19-18(12)16(10-22-19)15-7-14(11-27(2,25)26)5-6-17(15)21-9-13-3-4-13/h5-8,10,13,21-22H,3-4,9,11H2,1-2H3,(H,23,24). The van der Waals surface area contributed by atoms with Crippen LogP contribution in [0.4, 0.5) is 5.69 Å². The van der Waals surface area contributed by atoms with Gasteiger partial charge < -0.3 is 15.3 Å². The first kappa shape index (κ1) is 17.9. The summed E-state index contributed by atoms with van der Waals surface area (Å²) in [5, 5.41) is 4.37. The third-order valence-electron chi connectivity index (χ3n) is 5.00. The van der Waals surface area contributed by atoms with E-state index >= 15 is 0 Å². The summed E-state index contributed by atoms with van der Waals surface area (Å²) in [6, 6.07) is 5.72. The van der Waals surface area contributed by atoms with E-state index in [-0.39, 0.29) is 11.3 Å². The summed E-state index contributed by atoms with van der Waals surface area (Å²) in [5.41, 5.74) is 4.84. The molecule has 1 aromatic carbocycles. The maximum absolute atomic E-state index is 12.2. The molecule has 3 N–H and O–H groups in total. The number of benzene rings is 1. The highest BCUT2D eigenvalue weighted by molar-refractivity contribution is 7.89. The Labute approximate surface area is 157 Å². The highest BCUT2D eigenvalue weighted by Crippen LogP contribution is 2.36. The molecule has 142 valence electrons. The predicted octanol–water partition coefficient (Wildman–Crippen LogP) is 3.20. The average molecular weight is 385 g/mol. The first-order valence-electron chi connectivity index (χ1n) is 9.06. The number of nitrogens with one attached hydrogen (secondary N) is 3. The van der Waals surface area contributed by atoms with E-state index < -0.39 is 9.84 Å². The van der Waals surface area contributed by atoms with Crippen molar-refractivity contribution >= 4 is 26.4 Å². The number of H-pyrrole nitrogens is 2. The smallest absolute Gasteiger partial charge is 0.272 e. The Bertz CT molecular complexity index is 1170. The fraction of sp³-hybridized carbons (Fsp3) is 0.350. The molecular formula is C20H23N3O3S. The highest BCUT2D eigenvalue weighted by Gasteiger charge is 2.22. The molecule has 1 fully saturated rings. The molecule has 4 rings (SSSR count). The van der Waals surface area contributed by atoms with Crippen LogP contribution in [0.2, 0.25) is 0 Å². The molecule has 2 aromatic heterocycles. The monoisotopic (exact) mass is 385 g/mol. The molecule has 7 heteroatoms. The molecule has 0 saturated heterocycles. The van der Waals surface area contributed by atoms with Crippen LogP contribution in [0.1, 0.15) is 24.0 Å². The maximum atomic E-state index is 12.2. The van der Waals surface area contributed by atoms with E-state index in [1.165, 1.54) is 19.1 Å². The van der Waals surface area contributed by atoms with Gasteiger partial charge in [-0.2, -0.15) is 0 Å². The van der Waals surface area contributed by atoms with Gasteiger partial charge in [-0.05, 0) is 48.9 Å². The topological polar surface area (TPSA) is 94.8 Å². The SMILES string of the molecule is Cc1c[nH]c(=O)c2[nH]cc(-c3cc(CS(C)(=O)=O)ccc3NCC3CC3)c12. The second-order valence-electron chi connectivity index (χ2n) is 7.53. The van der Waals surface area contributed by atoms with Crippen molar-refractivity contribution in [3.63, 3.8) is 0 Å². The van der Waals surface area contributed by atoms with Crippen molar-refractivity contribution in [2.45, 2.75) is 25.5 Å². The first-order chi connectivity index (χ1) is 12.8. The van der Waals surface area contributed by atoms with Gasteiger partial charge in [-0.15, -0.1) is 0 Å². The molecule has 3 aromatic rings. The lowest BCUT2D eigenvalue weighted by Crippen LogP contribution is -2.07. The summed E-state index contributed by atoms with van der Waals surface area (Å²) in [4.78, 5) is 18.0. The molecule has 0 atom stereocenters. The number of pyridine rings is 1. The Hall–Kier alpha value is -2.54. The fourth-order valence-corrected chi connectivity index (χ4v) is 4.26. The van der Waals surface area contributed by atoms with Crippen molar-refractivity contribution in [2.24, 2.45) is 5.92 Å². The molecule has 0 radical (unpaired) electrons. The van der Waals surface area contributed by atoms with Crippen molar-refractivity contribution < 1.29 is 8.42 Å². The zero-order valence-electron chi connectivity index (χ0n) is 15.4. The number of anilines is 1. The zero-order chi connectivity index (χ0) is 19.2. The maximum Gasteiger partial charge on any atom is 0.272 e. The number of aromatic nitrogens is 2. The summed E-state index contributed by atoms with van der Waals surface area (Å²) in [6.45, 7) is 2.85. The van der Waals surface area contributed by atoms with Gasteiger partial charge in [0.05, 0.1) is 5.75 Å². The lowest BCUT2D eigenvalue weighted by molar-refractivity contribution is 0.601. The molecule has 2 heterocycles. The third-order valence-corrected chi connectivity index (χ3v) is 5.86. The lowest BCUT2D eigenvalue weighted by Gasteiger charge is -2.14. The Morgan fingerprint density at radius 2 is 1.93 bits per heavy atom. The van der Waals surface area contributed by atoms with Crippen molar-refractivity contribution in [3.05, 3.63) is 52.1 Å². The number of sulfone groups is 1. The number of aromatic amines is 2. The normalized spacial score (nSPS) is 14.6. The lowest BCUT2D eigenvalue weighted by atomic mass is 9.99. The van der Waals surface area contributed by atoms with Crippen molar-refractivity contribution in [2.75, 3.05) is 18.1 Å². The molecule has 0 bridgehead atoms. The van der Waals surface area contributed by atoms with Crippen LogP contribution in [-0.4, -0.2) is 31.2 Å². The summed E-state index contributed by atoms with van der Waals surface area (Å²) >= 11 is 0. The van der Waals surface area contributed by atoms with Gasteiger partial charge in [0.1, 0.15) is 5.52 Å². The Kier molecular flexibility index (Phi) is 4.34. The van der Waals surface area contributed by atoms with E-state index in [4.69, 9.17) is 0 Å². The van der Waals surface area contributed by atoms with Gasteiger partial charge in [0, 0.05) is 47.4 Å². The van der Waals surface area contributed by atoms with Crippen LogP contribution >= 0.6 is 0 Å². The molecule has 0 aliphatic heterocycles. The largest absolute Gasteiger partial charge is 0.384 e. The van der Waals surface area contributed by atoms with E-state index in [2.05, 4.69) is 15.3 Å². The third kappa shape index (κ3) is 3.78. The fourth-order valence-electron chi connectivity index (χ4n) is 3.48. The van der Waals surface area contributed by atoms with Crippen LogP contribution in [0.3, 0.4) is 0 Å². The molecule has 1 saturated carbocycles. The predicted molar refractivity (Wildman–Crippen MR) is 109 cm³/mol. The number of aryl methyl sites for hydroxylation is 1. The van der Waals surface area contributed by atoms with Crippen LogP contribution in [0.5, 0.6) is 0 Å². The average Bonchev–Trinajstić information content (AvgIpc) is 3.31. The minimum Gasteiger partial charge on any atom is -0.384 e. The van der Waals surface area contributed by atoms with Crippen molar-refractivity contribution in [1.29, 1.82) is 0 Å². The molecule has 6 nitrogen and oxygen atoms in total. The second kappa shape index (κ2) is 6.56. The summed E-state index contributed by atoms with van der Waals surface area (Å²) < 4.78 is 23.5. The van der Waals surface area contributed by atoms with Crippen LogP contribution in [0, 0.1) is 12.8 Å². The van der Waals surface area contributed by atoms with E-state index in [0.29, 0.717) is 11.4 Å². The molecule has 27 heavy (non-hydrogen) atoms. The Morgan fingerprint density at radius 1 is 1.15 bits per heavy atom. The van der Waals surface area contributed by atoms with E-state index in [1.807, 2.05) is 31.3 Å². The van der Waals surface area contributed by atoms with Crippen LogP contribution in [0.15, 0.2) is 35.4 Å². The van der Waals surface area contributed by atoms with Crippen LogP contribution < -0.4 is 10.9 Å². The van der Waals surface area contributed by atoms with Gasteiger partial charge in [0.25, 0.3) is 5.56 Å². The number of fused-ring (bicyclic) bond motifs is 1. The minimum atomic E-state index is -3.13. The number of rotatable bonds is 6.